The summed E-state index contributed by atoms with van der Waals surface area (Å²) in [5.41, 5.74) is 2.58. The number of para-hydroxylation sites is 2. The van der Waals surface area contributed by atoms with Gasteiger partial charge in [-0.2, -0.15) is 0 Å². The predicted molar refractivity (Wildman–Crippen MR) is 99.0 cm³/mol. The second kappa shape index (κ2) is 7.87. The summed E-state index contributed by atoms with van der Waals surface area (Å²) in [6.45, 7) is 3.27. The van der Waals surface area contributed by atoms with E-state index in [9.17, 15) is 9.90 Å². The van der Waals surface area contributed by atoms with Crippen LogP contribution in [0.5, 0.6) is 0 Å². The molecule has 6 heteroatoms. The molecule has 0 saturated carbocycles. The third-order valence-electron chi connectivity index (χ3n) is 4.13. The van der Waals surface area contributed by atoms with E-state index >= 15 is 0 Å². The largest absolute Gasteiger partial charge is 0.389 e. The molecule has 25 heavy (non-hydrogen) atoms. The maximum atomic E-state index is 12.5. The molecular weight excluding hydrogens is 340 g/mol. The van der Waals surface area contributed by atoms with Gasteiger partial charge in [0.1, 0.15) is 0 Å². The summed E-state index contributed by atoms with van der Waals surface area (Å²) >= 11 is 5.85. The number of benzene rings is 2. The van der Waals surface area contributed by atoms with E-state index in [4.69, 9.17) is 16.3 Å². The van der Waals surface area contributed by atoms with Gasteiger partial charge in [0.25, 0.3) is 0 Å². The summed E-state index contributed by atoms with van der Waals surface area (Å²) in [5, 5.41) is 11.0. The number of fused-ring (bicyclic) bond motifs is 1. The van der Waals surface area contributed by atoms with Gasteiger partial charge < -0.3 is 9.84 Å². The van der Waals surface area contributed by atoms with Gasteiger partial charge in [-0.3, -0.25) is 9.13 Å². The van der Waals surface area contributed by atoms with Crippen LogP contribution in [0.1, 0.15) is 12.5 Å². The first-order chi connectivity index (χ1) is 12.1. The van der Waals surface area contributed by atoms with Gasteiger partial charge in [-0.1, -0.05) is 35.9 Å². The molecule has 1 N–H and O–H groups in total. The highest BCUT2D eigenvalue weighted by molar-refractivity contribution is 6.30. The maximum Gasteiger partial charge on any atom is 0.329 e. The first-order valence-corrected chi connectivity index (χ1v) is 8.66. The van der Waals surface area contributed by atoms with Gasteiger partial charge in [-0.05, 0) is 36.8 Å². The summed E-state index contributed by atoms with van der Waals surface area (Å²) < 4.78 is 8.87. The lowest BCUT2D eigenvalue weighted by molar-refractivity contribution is 0.0204. The zero-order valence-electron chi connectivity index (χ0n) is 14.1. The molecule has 0 aliphatic rings. The molecular formula is C19H21ClN2O3. The highest BCUT2D eigenvalue weighted by Crippen LogP contribution is 2.14. The Morgan fingerprint density at radius 1 is 1.08 bits per heavy atom. The highest BCUT2D eigenvalue weighted by Gasteiger charge is 2.15. The van der Waals surface area contributed by atoms with Gasteiger partial charge in [0.15, 0.2) is 0 Å². The summed E-state index contributed by atoms with van der Waals surface area (Å²) in [4.78, 5) is 12.5. The number of hydrogen-bond acceptors (Lipinski definition) is 3. The Hall–Kier alpha value is -2.08. The minimum Gasteiger partial charge on any atom is -0.389 e. The molecule has 0 fully saturated rings. The standard InChI is InChI=1S/C19H21ClN2O3/c1-2-21-17-5-3-4-6-18(17)22(19(21)24)11-16(23)13-25-12-14-7-9-15(20)10-8-14/h3-10,16,23H,2,11-13H2,1H3. The Morgan fingerprint density at radius 2 is 1.72 bits per heavy atom. The molecule has 1 heterocycles. The smallest absolute Gasteiger partial charge is 0.329 e. The number of ether oxygens (including phenoxy) is 1. The molecule has 1 unspecified atom stereocenters. The molecule has 0 radical (unpaired) electrons. The van der Waals surface area contributed by atoms with Crippen molar-refractivity contribution >= 4 is 22.6 Å². The number of nitrogens with zero attached hydrogens (tertiary/aromatic N) is 2. The Bertz CT molecular complexity index is 899. The van der Waals surface area contributed by atoms with E-state index in [1.165, 1.54) is 0 Å². The quantitative estimate of drug-likeness (QED) is 0.704. The zero-order valence-corrected chi connectivity index (χ0v) is 14.8. The average molecular weight is 361 g/mol. The van der Waals surface area contributed by atoms with E-state index in [1.807, 2.05) is 43.3 Å². The van der Waals surface area contributed by atoms with Gasteiger partial charge in [0, 0.05) is 11.6 Å². The second-order valence-corrected chi connectivity index (χ2v) is 6.36. The molecule has 0 bridgehead atoms. The van der Waals surface area contributed by atoms with Crippen LogP contribution in [0.2, 0.25) is 5.02 Å². The number of aromatic nitrogens is 2. The summed E-state index contributed by atoms with van der Waals surface area (Å²) in [6.07, 6.45) is -0.763. The van der Waals surface area contributed by atoms with Crippen molar-refractivity contribution in [1.82, 2.24) is 9.13 Å². The Morgan fingerprint density at radius 3 is 2.36 bits per heavy atom. The SMILES string of the molecule is CCn1c(=O)n(CC(O)COCc2ccc(Cl)cc2)c2ccccc21. The fourth-order valence-electron chi connectivity index (χ4n) is 2.91. The molecule has 5 nitrogen and oxygen atoms in total. The Kier molecular flexibility index (Phi) is 5.58. The monoisotopic (exact) mass is 360 g/mol. The van der Waals surface area contributed by atoms with Crippen molar-refractivity contribution < 1.29 is 9.84 Å². The van der Waals surface area contributed by atoms with E-state index < -0.39 is 6.10 Å². The van der Waals surface area contributed by atoms with Gasteiger partial charge in [-0.15, -0.1) is 0 Å². The number of hydrogen-bond donors (Lipinski definition) is 1. The van der Waals surface area contributed by atoms with E-state index in [-0.39, 0.29) is 18.8 Å². The van der Waals surface area contributed by atoms with Crippen molar-refractivity contribution in [2.45, 2.75) is 32.7 Å². The van der Waals surface area contributed by atoms with Crippen LogP contribution in [0, 0.1) is 0 Å². The summed E-state index contributed by atoms with van der Waals surface area (Å²) in [6, 6.07) is 15.0. The Labute approximate surface area is 151 Å². The molecule has 1 atom stereocenters. The molecule has 3 rings (SSSR count). The topological polar surface area (TPSA) is 56.4 Å². The normalized spacial score (nSPS) is 12.6. The van der Waals surface area contributed by atoms with Crippen molar-refractivity contribution in [3.8, 4) is 0 Å². The predicted octanol–water partition coefficient (Wildman–Crippen LogP) is 3.05. The maximum absolute atomic E-state index is 12.5. The molecule has 1 aromatic heterocycles. The molecule has 3 aromatic rings. The Balaban J connectivity index is 1.66. The number of aliphatic hydroxyl groups excluding tert-OH is 1. The van der Waals surface area contributed by atoms with E-state index in [2.05, 4.69) is 0 Å². The lowest BCUT2D eigenvalue weighted by atomic mass is 10.2. The molecule has 0 aliphatic heterocycles. The van der Waals surface area contributed by atoms with Gasteiger partial charge in [-0.25, -0.2) is 4.79 Å². The van der Waals surface area contributed by atoms with Crippen molar-refractivity contribution in [3.05, 3.63) is 69.6 Å². The molecule has 0 spiro atoms. The summed E-state index contributed by atoms with van der Waals surface area (Å²) in [7, 11) is 0. The first kappa shape index (κ1) is 17.7. The molecule has 0 saturated heterocycles. The van der Waals surface area contributed by atoms with Crippen LogP contribution >= 0.6 is 11.6 Å². The van der Waals surface area contributed by atoms with Crippen molar-refractivity contribution in [1.29, 1.82) is 0 Å². The number of aliphatic hydroxyl groups is 1. The number of aryl methyl sites for hydroxylation is 1. The summed E-state index contributed by atoms with van der Waals surface area (Å²) in [5.74, 6) is 0. The fourth-order valence-corrected chi connectivity index (χ4v) is 3.04. The first-order valence-electron chi connectivity index (χ1n) is 8.28. The minimum absolute atomic E-state index is 0.111. The van der Waals surface area contributed by atoms with Crippen LogP contribution in [0.25, 0.3) is 11.0 Å². The fraction of sp³-hybridized carbons (Fsp3) is 0.316. The lowest BCUT2D eigenvalue weighted by Crippen LogP contribution is -2.30. The van der Waals surface area contributed by atoms with Crippen molar-refractivity contribution in [2.75, 3.05) is 6.61 Å². The molecule has 0 amide bonds. The number of halogens is 1. The van der Waals surface area contributed by atoms with Crippen LogP contribution in [0.4, 0.5) is 0 Å². The third kappa shape index (κ3) is 3.95. The minimum atomic E-state index is -0.763. The van der Waals surface area contributed by atoms with Crippen LogP contribution in [0.3, 0.4) is 0 Å². The van der Waals surface area contributed by atoms with E-state index in [0.29, 0.717) is 18.2 Å². The van der Waals surface area contributed by atoms with E-state index in [1.54, 1.807) is 21.3 Å². The molecule has 132 valence electrons. The van der Waals surface area contributed by atoms with Crippen LogP contribution in [-0.4, -0.2) is 27.0 Å². The highest BCUT2D eigenvalue weighted by atomic mass is 35.5. The van der Waals surface area contributed by atoms with E-state index in [0.717, 1.165) is 16.6 Å². The van der Waals surface area contributed by atoms with Gasteiger partial charge in [0.05, 0.1) is 36.9 Å². The second-order valence-electron chi connectivity index (χ2n) is 5.92. The molecule has 0 aliphatic carbocycles. The lowest BCUT2D eigenvalue weighted by Gasteiger charge is -2.12. The zero-order chi connectivity index (χ0) is 17.8. The van der Waals surface area contributed by atoms with Gasteiger partial charge in [0.2, 0.25) is 0 Å². The van der Waals surface area contributed by atoms with Crippen LogP contribution < -0.4 is 5.69 Å². The van der Waals surface area contributed by atoms with Crippen LogP contribution in [0.15, 0.2) is 53.3 Å². The third-order valence-corrected chi connectivity index (χ3v) is 4.38. The number of rotatable bonds is 7. The van der Waals surface area contributed by atoms with Crippen molar-refractivity contribution in [3.63, 3.8) is 0 Å². The van der Waals surface area contributed by atoms with Gasteiger partial charge >= 0.3 is 5.69 Å². The number of imidazole rings is 1. The van der Waals surface area contributed by atoms with Crippen LogP contribution in [-0.2, 0) is 24.4 Å². The molecule has 2 aromatic carbocycles. The van der Waals surface area contributed by atoms with Crippen molar-refractivity contribution in [2.24, 2.45) is 0 Å². The average Bonchev–Trinajstić information content (AvgIpc) is 2.88.